The summed E-state index contributed by atoms with van der Waals surface area (Å²) in [6, 6.07) is 8.33. The molecule has 1 aliphatic rings. The first-order valence-electron chi connectivity index (χ1n) is 7.06. The molecule has 120 valence electrons. The van der Waals surface area contributed by atoms with Crippen molar-refractivity contribution in [3.8, 4) is 5.75 Å². The third-order valence-corrected chi connectivity index (χ3v) is 3.36. The number of carbonyl (C=O) groups excluding carboxylic acids is 2. The minimum absolute atomic E-state index is 0.0435. The van der Waals surface area contributed by atoms with Gasteiger partial charge in [0.2, 0.25) is 11.8 Å². The Bertz CT molecular complexity index is 512. The highest BCUT2D eigenvalue weighted by Gasteiger charge is 2.38. The number of benzene rings is 1. The largest absolute Gasteiger partial charge is 0.491 e. The Balaban J connectivity index is 1.68. The van der Waals surface area contributed by atoms with Gasteiger partial charge in [-0.05, 0) is 12.1 Å². The third kappa shape index (κ3) is 4.42. The van der Waals surface area contributed by atoms with E-state index in [0.29, 0.717) is 12.4 Å². The number of nitrogens with two attached hydrogens (primary N) is 1. The van der Waals surface area contributed by atoms with Gasteiger partial charge in [-0.1, -0.05) is 18.2 Å². The molecule has 2 rings (SSSR count). The lowest BCUT2D eigenvalue weighted by atomic mass is 10.2. The molecule has 0 aliphatic carbocycles. The third-order valence-electron chi connectivity index (χ3n) is 3.36. The summed E-state index contributed by atoms with van der Waals surface area (Å²) in [5.74, 6) is -0.421. The maximum Gasteiger partial charge on any atom is 0.249 e. The van der Waals surface area contributed by atoms with Crippen molar-refractivity contribution in [1.29, 1.82) is 0 Å². The SMILES string of the molecule is NC(=O)[C@@H]1C[C@@H](F)CN1C(=O)COCCOc1ccccc1. The smallest absolute Gasteiger partial charge is 0.249 e. The van der Waals surface area contributed by atoms with Crippen molar-refractivity contribution in [2.24, 2.45) is 5.73 Å². The Morgan fingerprint density at radius 3 is 2.68 bits per heavy atom. The highest BCUT2D eigenvalue weighted by Crippen LogP contribution is 2.20. The number of nitrogens with zero attached hydrogens (tertiary/aromatic N) is 1. The summed E-state index contributed by atoms with van der Waals surface area (Å²) in [4.78, 5) is 24.3. The van der Waals surface area contributed by atoms with Gasteiger partial charge in [-0.15, -0.1) is 0 Å². The van der Waals surface area contributed by atoms with E-state index in [0.717, 1.165) is 4.90 Å². The second kappa shape index (κ2) is 7.74. The normalized spacial score (nSPS) is 20.9. The molecule has 7 heteroatoms. The fraction of sp³-hybridized carbons (Fsp3) is 0.467. The van der Waals surface area contributed by atoms with E-state index < -0.39 is 24.0 Å². The van der Waals surface area contributed by atoms with Crippen molar-refractivity contribution in [3.05, 3.63) is 30.3 Å². The summed E-state index contributed by atoms with van der Waals surface area (Å²) in [5, 5.41) is 0. The minimum atomic E-state index is -1.22. The molecule has 1 heterocycles. The number of alkyl halides is 1. The first kappa shape index (κ1) is 16.2. The van der Waals surface area contributed by atoms with Gasteiger partial charge in [0.05, 0.1) is 13.2 Å². The number of ether oxygens (including phenoxy) is 2. The summed E-state index contributed by atoms with van der Waals surface area (Å²) < 4.78 is 23.9. The first-order valence-corrected chi connectivity index (χ1v) is 7.06. The second-order valence-corrected chi connectivity index (χ2v) is 5.01. The summed E-state index contributed by atoms with van der Waals surface area (Å²) >= 11 is 0. The predicted octanol–water partition coefficient (Wildman–Crippen LogP) is 0.506. The van der Waals surface area contributed by atoms with Gasteiger partial charge in [0.1, 0.15) is 31.2 Å². The number of halogens is 1. The molecular formula is C15H19FN2O4. The fourth-order valence-corrected chi connectivity index (χ4v) is 2.31. The summed E-state index contributed by atoms with van der Waals surface area (Å²) in [6.07, 6.45) is -1.26. The maximum absolute atomic E-state index is 13.3. The summed E-state index contributed by atoms with van der Waals surface area (Å²) in [7, 11) is 0. The van der Waals surface area contributed by atoms with Gasteiger partial charge in [0.25, 0.3) is 0 Å². The molecule has 6 nitrogen and oxygen atoms in total. The highest BCUT2D eigenvalue weighted by molar-refractivity contribution is 5.87. The number of rotatable bonds is 7. The van der Waals surface area contributed by atoms with Crippen LogP contribution in [-0.4, -0.2) is 55.3 Å². The molecular weight excluding hydrogens is 291 g/mol. The van der Waals surface area contributed by atoms with Crippen LogP contribution >= 0.6 is 0 Å². The molecule has 0 spiro atoms. The molecule has 0 aromatic heterocycles. The summed E-state index contributed by atoms with van der Waals surface area (Å²) in [5.41, 5.74) is 5.17. The van der Waals surface area contributed by atoms with Gasteiger partial charge in [0, 0.05) is 6.42 Å². The lowest BCUT2D eigenvalue weighted by Crippen LogP contribution is -2.45. The van der Waals surface area contributed by atoms with Gasteiger partial charge < -0.3 is 20.1 Å². The van der Waals surface area contributed by atoms with Crippen molar-refractivity contribution < 1.29 is 23.5 Å². The van der Waals surface area contributed by atoms with Crippen LogP contribution in [0.25, 0.3) is 0 Å². The predicted molar refractivity (Wildman–Crippen MR) is 77.0 cm³/mol. The molecule has 1 aromatic carbocycles. The van der Waals surface area contributed by atoms with Crippen molar-refractivity contribution in [3.63, 3.8) is 0 Å². The van der Waals surface area contributed by atoms with E-state index in [9.17, 15) is 14.0 Å². The molecule has 0 saturated carbocycles. The van der Waals surface area contributed by atoms with Gasteiger partial charge in [0.15, 0.2) is 0 Å². The van der Waals surface area contributed by atoms with E-state index in [1.54, 1.807) is 0 Å². The summed E-state index contributed by atoms with van der Waals surface area (Å²) in [6.45, 7) is 0.169. The monoisotopic (exact) mass is 310 g/mol. The molecule has 1 saturated heterocycles. The van der Waals surface area contributed by atoms with Crippen molar-refractivity contribution in [2.75, 3.05) is 26.4 Å². The van der Waals surface area contributed by atoms with Crippen LogP contribution < -0.4 is 10.5 Å². The molecule has 1 aliphatic heterocycles. The number of primary amides is 1. The van der Waals surface area contributed by atoms with Gasteiger partial charge >= 0.3 is 0 Å². The Kier molecular flexibility index (Phi) is 5.71. The Labute approximate surface area is 128 Å². The average Bonchev–Trinajstić information content (AvgIpc) is 2.90. The lowest BCUT2D eigenvalue weighted by molar-refractivity contribution is -0.141. The van der Waals surface area contributed by atoms with Gasteiger partial charge in [-0.3, -0.25) is 9.59 Å². The molecule has 22 heavy (non-hydrogen) atoms. The van der Waals surface area contributed by atoms with E-state index in [1.165, 1.54) is 0 Å². The Morgan fingerprint density at radius 2 is 2.00 bits per heavy atom. The number of carbonyl (C=O) groups is 2. The zero-order valence-electron chi connectivity index (χ0n) is 12.1. The molecule has 2 N–H and O–H groups in total. The van der Waals surface area contributed by atoms with Gasteiger partial charge in [-0.2, -0.15) is 0 Å². The zero-order chi connectivity index (χ0) is 15.9. The van der Waals surface area contributed by atoms with Crippen LogP contribution in [0.1, 0.15) is 6.42 Å². The number of para-hydroxylation sites is 1. The molecule has 0 bridgehead atoms. The first-order chi connectivity index (χ1) is 10.6. The number of hydrogen-bond donors (Lipinski definition) is 1. The van der Waals surface area contributed by atoms with Crippen LogP contribution in [0.4, 0.5) is 4.39 Å². The van der Waals surface area contributed by atoms with Crippen molar-refractivity contribution in [2.45, 2.75) is 18.6 Å². The van der Waals surface area contributed by atoms with E-state index in [2.05, 4.69) is 0 Å². The van der Waals surface area contributed by atoms with E-state index in [1.807, 2.05) is 30.3 Å². The standard InChI is InChI=1S/C15H19FN2O4/c16-11-8-13(15(17)20)18(9-11)14(19)10-21-6-7-22-12-4-2-1-3-5-12/h1-5,11,13H,6-10H2,(H2,17,20)/t11-,13+/m1/s1. The van der Waals surface area contributed by atoms with Crippen LogP contribution in [0.5, 0.6) is 5.75 Å². The van der Waals surface area contributed by atoms with Crippen LogP contribution in [-0.2, 0) is 14.3 Å². The van der Waals surface area contributed by atoms with Gasteiger partial charge in [-0.25, -0.2) is 4.39 Å². The topological polar surface area (TPSA) is 81.9 Å². The fourth-order valence-electron chi connectivity index (χ4n) is 2.31. The van der Waals surface area contributed by atoms with E-state index >= 15 is 0 Å². The molecule has 1 fully saturated rings. The second-order valence-electron chi connectivity index (χ2n) is 5.01. The number of likely N-dealkylation sites (tertiary alicyclic amines) is 1. The molecule has 1 aromatic rings. The molecule has 0 unspecified atom stereocenters. The Morgan fingerprint density at radius 1 is 1.27 bits per heavy atom. The van der Waals surface area contributed by atoms with Crippen molar-refractivity contribution >= 4 is 11.8 Å². The van der Waals surface area contributed by atoms with Crippen LogP contribution in [0.15, 0.2) is 30.3 Å². The van der Waals surface area contributed by atoms with Crippen LogP contribution in [0.2, 0.25) is 0 Å². The van der Waals surface area contributed by atoms with Crippen molar-refractivity contribution in [1.82, 2.24) is 4.90 Å². The number of hydrogen-bond acceptors (Lipinski definition) is 4. The van der Waals surface area contributed by atoms with E-state index in [4.69, 9.17) is 15.2 Å². The molecule has 0 radical (unpaired) electrons. The lowest BCUT2D eigenvalue weighted by Gasteiger charge is -2.21. The Hall–Kier alpha value is -2.15. The highest BCUT2D eigenvalue weighted by atomic mass is 19.1. The van der Waals surface area contributed by atoms with Crippen LogP contribution in [0.3, 0.4) is 0 Å². The van der Waals surface area contributed by atoms with Crippen LogP contribution in [0, 0.1) is 0 Å². The minimum Gasteiger partial charge on any atom is -0.491 e. The van der Waals surface area contributed by atoms with E-state index in [-0.39, 0.29) is 26.2 Å². The zero-order valence-corrected chi connectivity index (χ0v) is 12.1. The quantitative estimate of drug-likeness (QED) is 0.744. The number of amides is 2. The molecule has 2 amide bonds. The maximum atomic E-state index is 13.3. The molecule has 2 atom stereocenters. The average molecular weight is 310 g/mol.